The van der Waals surface area contributed by atoms with Crippen molar-refractivity contribution >= 4 is 56.5 Å². The molecule has 0 aliphatic carbocycles. The molecule has 3 aromatic rings. The van der Waals surface area contributed by atoms with Crippen LogP contribution in [0.4, 0.5) is 0 Å². The number of halogens is 4. The lowest BCUT2D eigenvalue weighted by atomic mass is 9.83. The average molecular weight is 494 g/mol. The maximum atomic E-state index is 13.0. The zero-order valence-electron chi connectivity index (χ0n) is 14.3. The second-order valence-electron chi connectivity index (χ2n) is 6.07. The minimum Gasteiger partial charge on any atom is -0.508 e. The van der Waals surface area contributed by atoms with Gasteiger partial charge < -0.3 is 10.2 Å². The predicted octanol–water partition coefficient (Wildman–Crippen LogP) is 5.89. The lowest BCUT2D eigenvalue weighted by Gasteiger charge is -2.34. The van der Waals surface area contributed by atoms with Gasteiger partial charge in [-0.05, 0) is 29.8 Å². The second-order valence-corrected chi connectivity index (χ2v) is 9.18. The fourth-order valence-electron chi connectivity index (χ4n) is 3.19. The molecule has 0 spiro atoms. The smallest absolute Gasteiger partial charge is 0.283 e. The normalized spacial score (nSPS) is 13.8. The van der Waals surface area contributed by atoms with Gasteiger partial charge in [0.15, 0.2) is 4.75 Å². The molecule has 0 aliphatic rings. The minimum absolute atomic E-state index is 0.0367. The molecule has 0 amide bonds. The highest BCUT2D eigenvalue weighted by atomic mass is 35.5. The van der Waals surface area contributed by atoms with Crippen LogP contribution in [0.3, 0.4) is 0 Å². The highest BCUT2D eigenvalue weighted by molar-refractivity contribution is 7.87. The van der Waals surface area contributed by atoms with Gasteiger partial charge in [-0.1, -0.05) is 76.7 Å². The highest BCUT2D eigenvalue weighted by Gasteiger charge is 2.51. The van der Waals surface area contributed by atoms with Gasteiger partial charge in [-0.15, -0.1) is 0 Å². The third kappa shape index (κ3) is 3.54. The summed E-state index contributed by atoms with van der Waals surface area (Å²) in [6, 6.07) is 12.1. The first-order valence-electron chi connectivity index (χ1n) is 7.90. The van der Waals surface area contributed by atoms with Crippen molar-refractivity contribution in [2.45, 2.75) is 4.75 Å². The molecule has 0 bridgehead atoms. The van der Waals surface area contributed by atoms with Gasteiger partial charge in [-0.2, -0.15) is 8.42 Å². The number of phenols is 2. The molecule has 0 saturated carbocycles. The van der Waals surface area contributed by atoms with Crippen molar-refractivity contribution in [3.8, 4) is 11.5 Å². The van der Waals surface area contributed by atoms with Gasteiger partial charge in [-0.3, -0.25) is 4.55 Å². The summed E-state index contributed by atoms with van der Waals surface area (Å²) in [4.78, 5) is 0. The molecule has 1 unspecified atom stereocenters. The van der Waals surface area contributed by atoms with Gasteiger partial charge in [0.25, 0.3) is 10.1 Å². The Morgan fingerprint density at radius 2 is 1.38 bits per heavy atom. The maximum Gasteiger partial charge on any atom is 0.283 e. The lowest BCUT2D eigenvalue weighted by Crippen LogP contribution is -2.39. The Balaban J connectivity index is 2.65. The number of phenolic OH excluding ortho intramolecular Hbond substituents is 2. The van der Waals surface area contributed by atoms with Crippen molar-refractivity contribution in [3.05, 3.63) is 91.4 Å². The quantitative estimate of drug-likeness (QED) is 0.239. The van der Waals surface area contributed by atoms with E-state index in [-0.39, 0.29) is 42.5 Å². The number of hydrogen-bond acceptors (Lipinski definition) is 4. The van der Waals surface area contributed by atoms with Crippen LogP contribution in [0.5, 0.6) is 11.5 Å². The third-order valence-corrected chi connectivity index (χ3v) is 7.53. The van der Waals surface area contributed by atoms with E-state index in [1.807, 2.05) is 0 Å². The average Bonchev–Trinajstić information content (AvgIpc) is 2.67. The Morgan fingerprint density at radius 3 is 1.97 bits per heavy atom. The van der Waals surface area contributed by atoms with E-state index in [4.69, 9.17) is 46.4 Å². The molecule has 0 fully saturated rings. The third-order valence-electron chi connectivity index (χ3n) is 4.40. The highest BCUT2D eigenvalue weighted by Crippen LogP contribution is 2.52. The fraction of sp³-hybridized carbons (Fsp3) is 0.0526. The van der Waals surface area contributed by atoms with Crippen LogP contribution in [0, 0.1) is 0 Å². The Hall–Kier alpha value is -1.67. The van der Waals surface area contributed by atoms with Crippen molar-refractivity contribution in [1.29, 1.82) is 0 Å². The molecular weight excluding hydrogens is 482 g/mol. The van der Waals surface area contributed by atoms with Gasteiger partial charge in [-0.25, -0.2) is 0 Å². The number of hydrogen-bond donors (Lipinski definition) is 3. The zero-order chi connectivity index (χ0) is 21.6. The van der Waals surface area contributed by atoms with Gasteiger partial charge in [0.2, 0.25) is 0 Å². The fourth-order valence-corrected chi connectivity index (χ4v) is 5.56. The van der Waals surface area contributed by atoms with E-state index in [1.54, 1.807) is 6.07 Å². The molecular formula is C19H12Cl4O5S. The summed E-state index contributed by atoms with van der Waals surface area (Å²) >= 11 is 24.7. The van der Waals surface area contributed by atoms with Crippen LogP contribution in [0.1, 0.15) is 16.7 Å². The number of benzene rings is 3. The van der Waals surface area contributed by atoms with E-state index in [9.17, 15) is 23.2 Å². The molecule has 152 valence electrons. The van der Waals surface area contributed by atoms with Crippen LogP contribution in [0.25, 0.3) is 0 Å². The monoisotopic (exact) mass is 492 g/mol. The van der Waals surface area contributed by atoms with Crippen molar-refractivity contribution in [1.82, 2.24) is 0 Å². The molecule has 0 aromatic heterocycles. The molecule has 3 rings (SSSR count). The van der Waals surface area contributed by atoms with E-state index >= 15 is 0 Å². The van der Waals surface area contributed by atoms with Crippen LogP contribution in [-0.2, 0) is 14.9 Å². The van der Waals surface area contributed by atoms with Gasteiger partial charge >= 0.3 is 0 Å². The minimum atomic E-state index is -5.09. The van der Waals surface area contributed by atoms with E-state index in [1.165, 1.54) is 36.4 Å². The molecule has 29 heavy (non-hydrogen) atoms. The maximum absolute atomic E-state index is 13.0. The van der Waals surface area contributed by atoms with Crippen LogP contribution in [0.15, 0.2) is 54.6 Å². The Bertz CT molecular complexity index is 1200. The summed E-state index contributed by atoms with van der Waals surface area (Å²) in [5.41, 5.74) is -0.463. The summed E-state index contributed by atoms with van der Waals surface area (Å²) < 4.78 is 34.0. The van der Waals surface area contributed by atoms with Crippen LogP contribution in [-0.4, -0.2) is 23.2 Å². The molecule has 0 aliphatic heterocycles. The lowest BCUT2D eigenvalue weighted by molar-refractivity contribution is 0.455. The zero-order valence-corrected chi connectivity index (χ0v) is 18.1. The first kappa shape index (κ1) is 22.0. The van der Waals surface area contributed by atoms with Crippen molar-refractivity contribution in [2.75, 3.05) is 0 Å². The SMILES string of the molecule is O=S(=O)(O)C(c1ccccc1)(c1cc(O)ccc1Cl)c1cc(O)c(Cl)c(Cl)c1Cl. The van der Waals surface area contributed by atoms with Crippen LogP contribution in [0.2, 0.25) is 20.1 Å². The molecule has 0 radical (unpaired) electrons. The van der Waals surface area contributed by atoms with E-state index < -0.39 is 20.6 Å². The molecule has 0 heterocycles. The van der Waals surface area contributed by atoms with Crippen LogP contribution >= 0.6 is 46.4 Å². The van der Waals surface area contributed by atoms with Gasteiger partial charge in [0.05, 0.1) is 10.0 Å². The van der Waals surface area contributed by atoms with Crippen LogP contribution < -0.4 is 0 Å². The second kappa shape index (κ2) is 7.87. The molecule has 3 N–H and O–H groups in total. The molecule has 5 nitrogen and oxygen atoms in total. The summed E-state index contributed by atoms with van der Waals surface area (Å²) in [5, 5.41) is 19.2. The van der Waals surface area contributed by atoms with E-state index in [0.717, 1.165) is 12.1 Å². The Morgan fingerprint density at radius 1 is 0.759 bits per heavy atom. The molecule has 0 saturated heterocycles. The first-order valence-corrected chi connectivity index (χ1v) is 10.9. The number of rotatable bonds is 4. The summed E-state index contributed by atoms with van der Waals surface area (Å²) in [6.45, 7) is 0. The van der Waals surface area contributed by atoms with E-state index in [2.05, 4.69) is 0 Å². The van der Waals surface area contributed by atoms with Gasteiger partial charge in [0.1, 0.15) is 16.5 Å². The van der Waals surface area contributed by atoms with Crippen molar-refractivity contribution in [3.63, 3.8) is 0 Å². The summed E-state index contributed by atoms with van der Waals surface area (Å²) in [7, 11) is -5.09. The number of aromatic hydroxyl groups is 2. The molecule has 1 atom stereocenters. The topological polar surface area (TPSA) is 94.8 Å². The molecule has 3 aromatic carbocycles. The van der Waals surface area contributed by atoms with Gasteiger partial charge in [0, 0.05) is 16.1 Å². The summed E-state index contributed by atoms with van der Waals surface area (Å²) in [6.07, 6.45) is 0. The largest absolute Gasteiger partial charge is 0.508 e. The van der Waals surface area contributed by atoms with E-state index in [0.29, 0.717) is 0 Å². The Kier molecular flexibility index (Phi) is 5.98. The molecule has 10 heteroatoms. The standard InChI is InChI=1S/C19H12Cl4O5S/c20-14-7-6-11(24)8-12(14)19(29(26,27)28,10-4-2-1-3-5-10)13-9-15(25)17(22)18(23)16(13)21/h1-9,24-25H,(H,26,27,28). The first-order chi connectivity index (χ1) is 13.5. The van der Waals surface area contributed by atoms with Crippen molar-refractivity contribution < 1.29 is 23.2 Å². The summed E-state index contributed by atoms with van der Waals surface area (Å²) in [5.74, 6) is -0.870. The Labute approximate surface area is 186 Å². The predicted molar refractivity (Wildman–Crippen MR) is 114 cm³/mol. The van der Waals surface area contributed by atoms with Crippen molar-refractivity contribution in [2.24, 2.45) is 0 Å².